The van der Waals surface area contributed by atoms with Crippen LogP contribution in [0, 0.1) is 6.92 Å². The summed E-state index contributed by atoms with van der Waals surface area (Å²) in [7, 11) is 1.63. The smallest absolute Gasteiger partial charge is 0.276 e. The van der Waals surface area contributed by atoms with Crippen molar-refractivity contribution in [3.63, 3.8) is 0 Å². The van der Waals surface area contributed by atoms with Crippen LogP contribution in [0.5, 0.6) is 5.75 Å². The molecule has 1 aliphatic rings. The molecule has 134 valence electrons. The van der Waals surface area contributed by atoms with Gasteiger partial charge in [-0.25, -0.2) is 4.68 Å². The third kappa shape index (κ3) is 3.51. The molecule has 0 spiro atoms. The van der Waals surface area contributed by atoms with E-state index in [1.807, 2.05) is 36.1 Å². The van der Waals surface area contributed by atoms with Crippen LogP contribution in [-0.4, -0.2) is 58.6 Å². The fraction of sp³-hybridized carbons (Fsp3) is 0.500. The van der Waals surface area contributed by atoms with Gasteiger partial charge in [-0.15, -0.1) is 5.10 Å². The second kappa shape index (κ2) is 7.65. The van der Waals surface area contributed by atoms with Crippen molar-refractivity contribution in [3.05, 3.63) is 35.7 Å². The predicted octanol–water partition coefficient (Wildman–Crippen LogP) is 1.80. The van der Waals surface area contributed by atoms with Gasteiger partial charge < -0.3 is 15.0 Å². The Kier molecular flexibility index (Phi) is 5.33. The van der Waals surface area contributed by atoms with E-state index in [0.29, 0.717) is 5.69 Å². The predicted molar refractivity (Wildman–Crippen MR) is 95.3 cm³/mol. The first kappa shape index (κ1) is 17.4. The highest BCUT2D eigenvalue weighted by molar-refractivity contribution is 5.93. The standard InChI is InChI=1S/C18H25N5O2/c1-4-11-22(15-9-10-19-12-15)18(24)17-13(2)23(21-20-17)14-5-7-16(25-3)8-6-14/h5-8,15,19H,4,9-12H2,1-3H3. The van der Waals surface area contributed by atoms with Crippen molar-refractivity contribution in [2.45, 2.75) is 32.7 Å². The molecule has 1 fully saturated rings. The maximum Gasteiger partial charge on any atom is 0.276 e. The zero-order chi connectivity index (χ0) is 17.8. The average molecular weight is 343 g/mol. The van der Waals surface area contributed by atoms with Crippen LogP contribution in [0.3, 0.4) is 0 Å². The van der Waals surface area contributed by atoms with E-state index in [1.54, 1.807) is 11.8 Å². The third-order valence-electron chi connectivity index (χ3n) is 4.61. The molecule has 0 saturated carbocycles. The second-order valence-corrected chi connectivity index (χ2v) is 6.28. The monoisotopic (exact) mass is 343 g/mol. The first-order valence-corrected chi connectivity index (χ1v) is 8.74. The van der Waals surface area contributed by atoms with Crippen LogP contribution in [0.1, 0.15) is 35.9 Å². The molecule has 2 heterocycles. The van der Waals surface area contributed by atoms with Crippen LogP contribution in [0.25, 0.3) is 5.69 Å². The number of hydrogen-bond acceptors (Lipinski definition) is 5. The number of carbonyl (C=O) groups excluding carboxylic acids is 1. The number of rotatable bonds is 6. The van der Waals surface area contributed by atoms with Crippen molar-refractivity contribution in [1.82, 2.24) is 25.2 Å². The molecule has 0 bridgehead atoms. The van der Waals surface area contributed by atoms with Crippen molar-refractivity contribution in [2.75, 3.05) is 26.7 Å². The van der Waals surface area contributed by atoms with E-state index in [-0.39, 0.29) is 11.9 Å². The van der Waals surface area contributed by atoms with Crippen molar-refractivity contribution < 1.29 is 9.53 Å². The molecule has 1 unspecified atom stereocenters. The molecule has 0 aliphatic carbocycles. The first-order chi connectivity index (χ1) is 12.2. The van der Waals surface area contributed by atoms with Crippen LogP contribution in [0.4, 0.5) is 0 Å². The topological polar surface area (TPSA) is 72.3 Å². The Morgan fingerprint density at radius 2 is 2.16 bits per heavy atom. The van der Waals surface area contributed by atoms with Gasteiger partial charge in [0.25, 0.3) is 5.91 Å². The fourth-order valence-corrected chi connectivity index (χ4v) is 3.23. The van der Waals surface area contributed by atoms with Crippen molar-refractivity contribution in [2.24, 2.45) is 0 Å². The lowest BCUT2D eigenvalue weighted by atomic mass is 10.1. The van der Waals surface area contributed by atoms with Gasteiger partial charge in [-0.05, 0) is 50.6 Å². The summed E-state index contributed by atoms with van der Waals surface area (Å²) in [5.41, 5.74) is 2.04. The number of nitrogens with zero attached hydrogens (tertiary/aromatic N) is 4. The highest BCUT2D eigenvalue weighted by atomic mass is 16.5. The molecule has 1 aromatic heterocycles. The number of ether oxygens (including phenoxy) is 1. The Labute approximate surface area is 148 Å². The molecule has 1 saturated heterocycles. The maximum absolute atomic E-state index is 13.1. The van der Waals surface area contributed by atoms with Crippen molar-refractivity contribution >= 4 is 5.91 Å². The van der Waals surface area contributed by atoms with Gasteiger partial charge in [0.2, 0.25) is 0 Å². The van der Waals surface area contributed by atoms with E-state index >= 15 is 0 Å². The highest BCUT2D eigenvalue weighted by Gasteiger charge is 2.29. The third-order valence-corrected chi connectivity index (χ3v) is 4.61. The minimum atomic E-state index is -0.0344. The average Bonchev–Trinajstić information content (AvgIpc) is 3.29. The SMILES string of the molecule is CCCN(C(=O)c1nnn(-c2ccc(OC)cc2)c1C)C1CCNC1. The van der Waals surface area contributed by atoms with E-state index < -0.39 is 0 Å². The summed E-state index contributed by atoms with van der Waals surface area (Å²) in [4.78, 5) is 15.0. The second-order valence-electron chi connectivity index (χ2n) is 6.28. The van der Waals surface area contributed by atoms with Gasteiger partial charge in [0, 0.05) is 19.1 Å². The summed E-state index contributed by atoms with van der Waals surface area (Å²) in [5, 5.41) is 11.7. The highest BCUT2D eigenvalue weighted by Crippen LogP contribution is 2.19. The molecule has 1 N–H and O–H groups in total. The fourth-order valence-electron chi connectivity index (χ4n) is 3.23. The van der Waals surface area contributed by atoms with Crippen LogP contribution in [0.15, 0.2) is 24.3 Å². The summed E-state index contributed by atoms with van der Waals surface area (Å²) in [6.45, 7) is 6.51. The molecule has 0 radical (unpaired) electrons. The Bertz CT molecular complexity index is 720. The van der Waals surface area contributed by atoms with Gasteiger partial charge in [-0.3, -0.25) is 4.79 Å². The lowest BCUT2D eigenvalue weighted by molar-refractivity contribution is 0.0685. The zero-order valence-electron chi connectivity index (χ0n) is 15.0. The Morgan fingerprint density at radius 3 is 2.76 bits per heavy atom. The molecule has 3 rings (SSSR count). The van der Waals surface area contributed by atoms with Gasteiger partial charge >= 0.3 is 0 Å². The van der Waals surface area contributed by atoms with E-state index in [0.717, 1.165) is 49.6 Å². The lowest BCUT2D eigenvalue weighted by Crippen LogP contribution is -2.42. The van der Waals surface area contributed by atoms with E-state index in [1.165, 1.54) is 0 Å². The summed E-state index contributed by atoms with van der Waals surface area (Å²) in [6, 6.07) is 7.77. The normalized spacial score (nSPS) is 16.8. The molecule has 1 aliphatic heterocycles. The van der Waals surface area contributed by atoms with Gasteiger partial charge in [0.15, 0.2) is 5.69 Å². The van der Waals surface area contributed by atoms with Crippen LogP contribution < -0.4 is 10.1 Å². The number of benzene rings is 1. The minimum Gasteiger partial charge on any atom is -0.497 e. The van der Waals surface area contributed by atoms with E-state index in [4.69, 9.17) is 4.74 Å². The Morgan fingerprint density at radius 1 is 1.40 bits per heavy atom. The van der Waals surface area contributed by atoms with Gasteiger partial charge in [-0.1, -0.05) is 12.1 Å². The summed E-state index contributed by atoms with van der Waals surface area (Å²) < 4.78 is 6.88. The largest absolute Gasteiger partial charge is 0.497 e. The van der Waals surface area contributed by atoms with E-state index in [9.17, 15) is 4.79 Å². The molecule has 7 nitrogen and oxygen atoms in total. The quantitative estimate of drug-likeness (QED) is 0.866. The number of amides is 1. The maximum atomic E-state index is 13.1. The zero-order valence-corrected chi connectivity index (χ0v) is 15.0. The van der Waals surface area contributed by atoms with Crippen LogP contribution in [-0.2, 0) is 0 Å². The number of aromatic nitrogens is 3. The summed E-state index contributed by atoms with van der Waals surface area (Å²) in [5.74, 6) is 0.744. The summed E-state index contributed by atoms with van der Waals surface area (Å²) in [6.07, 6.45) is 1.91. The minimum absolute atomic E-state index is 0.0344. The van der Waals surface area contributed by atoms with Gasteiger partial charge in [0.05, 0.1) is 18.5 Å². The lowest BCUT2D eigenvalue weighted by Gasteiger charge is -2.27. The Balaban J connectivity index is 1.86. The van der Waals surface area contributed by atoms with Crippen LogP contribution >= 0.6 is 0 Å². The molecule has 7 heteroatoms. The molecule has 1 amide bonds. The molecular weight excluding hydrogens is 318 g/mol. The molecule has 25 heavy (non-hydrogen) atoms. The number of methoxy groups -OCH3 is 1. The number of nitrogens with one attached hydrogen (secondary N) is 1. The first-order valence-electron chi connectivity index (χ1n) is 8.74. The molecule has 1 atom stereocenters. The number of hydrogen-bond donors (Lipinski definition) is 1. The molecule has 2 aromatic rings. The molecular formula is C18H25N5O2. The van der Waals surface area contributed by atoms with Crippen molar-refractivity contribution in [1.29, 1.82) is 0 Å². The van der Waals surface area contributed by atoms with Gasteiger partial charge in [-0.2, -0.15) is 0 Å². The van der Waals surface area contributed by atoms with Crippen molar-refractivity contribution in [3.8, 4) is 11.4 Å². The summed E-state index contributed by atoms with van der Waals surface area (Å²) >= 11 is 0. The van der Waals surface area contributed by atoms with Gasteiger partial charge in [0.1, 0.15) is 5.75 Å². The molecule has 1 aromatic carbocycles. The van der Waals surface area contributed by atoms with E-state index in [2.05, 4.69) is 22.6 Å². The van der Waals surface area contributed by atoms with Crippen LogP contribution in [0.2, 0.25) is 0 Å². The Hall–Kier alpha value is -2.41. The number of carbonyl (C=O) groups is 1.